The lowest BCUT2D eigenvalue weighted by Crippen LogP contribution is -1.94. The van der Waals surface area contributed by atoms with Gasteiger partial charge in [0.15, 0.2) is 0 Å². The van der Waals surface area contributed by atoms with Crippen molar-refractivity contribution in [3.05, 3.63) is 68.9 Å². The van der Waals surface area contributed by atoms with Crippen molar-refractivity contribution in [3.8, 4) is 27.5 Å². The molecule has 0 amide bonds. The van der Waals surface area contributed by atoms with E-state index >= 15 is 0 Å². The minimum Gasteiger partial charge on any atom is -0.217 e. The Morgan fingerprint density at radius 2 is 1.74 bits per heavy atom. The van der Waals surface area contributed by atoms with Crippen molar-refractivity contribution in [1.29, 1.82) is 0 Å². The second kappa shape index (κ2) is 9.16. The minimum absolute atomic E-state index is 0.416. The Bertz CT molecular complexity index is 1260. The molecule has 0 aliphatic heterocycles. The van der Waals surface area contributed by atoms with Crippen molar-refractivity contribution in [2.24, 2.45) is 0 Å². The Morgan fingerprint density at radius 1 is 0.968 bits per heavy atom. The molecule has 0 N–H and O–H groups in total. The van der Waals surface area contributed by atoms with E-state index in [-0.39, 0.29) is 0 Å². The van der Waals surface area contributed by atoms with Gasteiger partial charge in [0.25, 0.3) is 0 Å². The van der Waals surface area contributed by atoms with Gasteiger partial charge in [-0.15, -0.1) is 11.8 Å². The average Bonchev–Trinajstić information content (AvgIpc) is 3.29. The van der Waals surface area contributed by atoms with E-state index in [0.29, 0.717) is 15.3 Å². The van der Waals surface area contributed by atoms with Crippen LogP contribution in [0.5, 0.6) is 0 Å². The molecule has 0 saturated heterocycles. The van der Waals surface area contributed by atoms with E-state index in [1.54, 1.807) is 29.2 Å². The molecule has 4 aromatic rings. The van der Waals surface area contributed by atoms with Crippen LogP contribution < -0.4 is 0 Å². The fraction of sp³-hybridized carbons (Fsp3) is 0.217. The highest BCUT2D eigenvalue weighted by Gasteiger charge is 2.19. The maximum absolute atomic E-state index is 6.34. The first kappa shape index (κ1) is 22.7. The number of hydrogen-bond acceptors (Lipinski definition) is 4. The summed E-state index contributed by atoms with van der Waals surface area (Å²) in [5, 5.41) is 7.77. The Kier molecular flexibility index (Phi) is 6.71. The second-order valence-electron chi connectivity index (χ2n) is 7.41. The monoisotopic (exact) mass is 507 g/mol. The molecule has 0 atom stereocenters. The van der Waals surface area contributed by atoms with Gasteiger partial charge >= 0.3 is 0 Å². The zero-order valence-corrected chi connectivity index (χ0v) is 21.3. The fourth-order valence-corrected chi connectivity index (χ4v) is 6.15. The number of nitrogens with zero attached hydrogens (tertiary/aromatic N) is 3. The van der Waals surface area contributed by atoms with E-state index in [4.69, 9.17) is 44.9 Å². The van der Waals surface area contributed by atoms with E-state index in [9.17, 15) is 0 Å². The molecular formula is C23H20Cl3N3S2. The Balaban J connectivity index is 1.81. The van der Waals surface area contributed by atoms with Crippen molar-refractivity contribution in [1.82, 2.24) is 14.8 Å². The van der Waals surface area contributed by atoms with Crippen LogP contribution in [0.4, 0.5) is 0 Å². The standard InChI is InChI=1S/C23H20Cl3N3S2/c1-12(2)30-22-21(15-8-9-19(25)20(26)10-15)27-23(31-22)29-11-17(14(4)28-29)16-6-5-7-18(24)13(16)3/h5-12H,1-4H3. The van der Waals surface area contributed by atoms with Crippen LogP contribution in [0, 0.1) is 13.8 Å². The predicted molar refractivity (Wildman–Crippen MR) is 136 cm³/mol. The highest BCUT2D eigenvalue weighted by atomic mass is 35.5. The maximum Gasteiger partial charge on any atom is 0.211 e. The lowest BCUT2D eigenvalue weighted by Gasteiger charge is -2.05. The normalized spacial score (nSPS) is 11.5. The molecule has 160 valence electrons. The van der Waals surface area contributed by atoms with Crippen molar-refractivity contribution < 1.29 is 0 Å². The summed E-state index contributed by atoms with van der Waals surface area (Å²) in [6.45, 7) is 8.36. The molecule has 0 unspecified atom stereocenters. The third-order valence-electron chi connectivity index (χ3n) is 4.77. The summed E-state index contributed by atoms with van der Waals surface area (Å²) in [6.07, 6.45) is 2.02. The molecule has 31 heavy (non-hydrogen) atoms. The summed E-state index contributed by atoms with van der Waals surface area (Å²) < 4.78 is 2.97. The molecule has 4 rings (SSSR count). The first-order valence-electron chi connectivity index (χ1n) is 9.69. The van der Waals surface area contributed by atoms with Crippen LogP contribution in [-0.2, 0) is 0 Å². The number of hydrogen-bond donors (Lipinski definition) is 0. The number of aromatic nitrogens is 3. The highest BCUT2D eigenvalue weighted by molar-refractivity contribution is 8.01. The molecule has 2 aromatic carbocycles. The van der Waals surface area contributed by atoms with Gasteiger partial charge < -0.3 is 0 Å². The molecule has 0 aliphatic carbocycles. The van der Waals surface area contributed by atoms with Gasteiger partial charge in [0, 0.05) is 27.6 Å². The SMILES string of the molecule is Cc1nn(-c2nc(-c3ccc(Cl)c(Cl)c3)c(SC(C)C)s2)cc1-c1cccc(Cl)c1C. The first-order chi connectivity index (χ1) is 14.7. The van der Waals surface area contributed by atoms with Crippen molar-refractivity contribution in [2.75, 3.05) is 0 Å². The zero-order chi connectivity index (χ0) is 22.3. The maximum atomic E-state index is 6.34. The third kappa shape index (κ3) is 4.67. The molecule has 0 spiro atoms. The van der Waals surface area contributed by atoms with Gasteiger partial charge in [-0.25, -0.2) is 9.67 Å². The summed E-state index contributed by atoms with van der Waals surface area (Å²) in [5.74, 6) is 0. The summed E-state index contributed by atoms with van der Waals surface area (Å²) in [5.41, 5.74) is 5.92. The average molecular weight is 509 g/mol. The van der Waals surface area contributed by atoms with Crippen LogP contribution in [0.3, 0.4) is 0 Å². The van der Waals surface area contributed by atoms with Crippen molar-refractivity contribution in [3.63, 3.8) is 0 Å². The number of benzene rings is 2. The Labute approximate surface area is 205 Å². The summed E-state index contributed by atoms with van der Waals surface area (Å²) in [6, 6.07) is 11.6. The third-order valence-corrected chi connectivity index (χ3v) is 8.18. The molecule has 0 aliphatic rings. The fourth-order valence-electron chi connectivity index (χ4n) is 3.23. The number of thiazole rings is 1. The topological polar surface area (TPSA) is 30.7 Å². The van der Waals surface area contributed by atoms with Gasteiger partial charge in [-0.3, -0.25) is 0 Å². The van der Waals surface area contributed by atoms with Crippen LogP contribution in [0.1, 0.15) is 25.1 Å². The molecule has 0 fully saturated rings. The largest absolute Gasteiger partial charge is 0.217 e. The molecule has 2 aromatic heterocycles. The smallest absolute Gasteiger partial charge is 0.211 e. The van der Waals surface area contributed by atoms with E-state index < -0.39 is 0 Å². The van der Waals surface area contributed by atoms with Gasteiger partial charge in [-0.2, -0.15) is 5.10 Å². The van der Waals surface area contributed by atoms with Gasteiger partial charge in [0.2, 0.25) is 5.13 Å². The van der Waals surface area contributed by atoms with Crippen LogP contribution in [0.2, 0.25) is 15.1 Å². The molecule has 3 nitrogen and oxygen atoms in total. The highest BCUT2D eigenvalue weighted by Crippen LogP contribution is 2.41. The van der Waals surface area contributed by atoms with Gasteiger partial charge in [-0.1, -0.05) is 78.2 Å². The quantitative estimate of drug-likeness (QED) is 0.252. The number of rotatable bonds is 5. The van der Waals surface area contributed by atoms with Crippen LogP contribution in [0.25, 0.3) is 27.5 Å². The number of aryl methyl sites for hydroxylation is 1. The number of halogens is 3. The van der Waals surface area contributed by atoms with E-state index in [0.717, 1.165) is 48.0 Å². The molecule has 0 bridgehead atoms. The first-order valence-corrected chi connectivity index (χ1v) is 12.5. The van der Waals surface area contributed by atoms with E-state index in [2.05, 4.69) is 19.9 Å². The van der Waals surface area contributed by atoms with E-state index in [1.165, 1.54) is 0 Å². The Hall–Kier alpha value is -1.50. The molecule has 0 radical (unpaired) electrons. The summed E-state index contributed by atoms with van der Waals surface area (Å²) >= 11 is 22.1. The summed E-state index contributed by atoms with van der Waals surface area (Å²) in [4.78, 5) is 4.93. The van der Waals surface area contributed by atoms with Crippen molar-refractivity contribution in [2.45, 2.75) is 37.2 Å². The zero-order valence-electron chi connectivity index (χ0n) is 17.4. The van der Waals surface area contributed by atoms with E-state index in [1.807, 2.05) is 49.0 Å². The molecule has 0 saturated carbocycles. The van der Waals surface area contributed by atoms with Gasteiger partial charge in [0.1, 0.15) is 0 Å². The lowest BCUT2D eigenvalue weighted by molar-refractivity contribution is 0.853. The minimum atomic E-state index is 0.416. The molecule has 2 heterocycles. The Morgan fingerprint density at radius 3 is 2.45 bits per heavy atom. The predicted octanol–water partition coefficient (Wildman–Crippen LogP) is 8.74. The van der Waals surface area contributed by atoms with Crippen LogP contribution >= 0.6 is 57.9 Å². The van der Waals surface area contributed by atoms with Crippen LogP contribution in [-0.4, -0.2) is 20.0 Å². The second-order valence-corrected chi connectivity index (χ2v) is 11.5. The summed E-state index contributed by atoms with van der Waals surface area (Å²) in [7, 11) is 0. The number of thioether (sulfide) groups is 1. The van der Waals surface area contributed by atoms with Gasteiger partial charge in [0.05, 0.1) is 25.6 Å². The van der Waals surface area contributed by atoms with Crippen molar-refractivity contribution >= 4 is 57.9 Å². The van der Waals surface area contributed by atoms with Crippen LogP contribution in [0.15, 0.2) is 46.8 Å². The molecule has 8 heteroatoms. The lowest BCUT2D eigenvalue weighted by atomic mass is 10.0. The molecular weight excluding hydrogens is 489 g/mol. The van der Waals surface area contributed by atoms with Gasteiger partial charge in [-0.05, 0) is 43.2 Å².